The lowest BCUT2D eigenvalue weighted by molar-refractivity contribution is -0.120. The monoisotopic (exact) mass is 522 g/mol. The summed E-state index contributed by atoms with van der Waals surface area (Å²) in [6.45, 7) is 0.423. The molecule has 5 rings (SSSR count). The van der Waals surface area contributed by atoms with E-state index in [1.54, 1.807) is 6.21 Å². The summed E-state index contributed by atoms with van der Waals surface area (Å²) >= 11 is 3.50. The fourth-order valence-electron chi connectivity index (χ4n) is 4.15. The summed E-state index contributed by atoms with van der Waals surface area (Å²) in [4.78, 5) is 12.7. The average Bonchev–Trinajstić information content (AvgIpc) is 2.88. The second-order valence-electron chi connectivity index (χ2n) is 8.23. The van der Waals surface area contributed by atoms with Crippen molar-refractivity contribution in [2.24, 2.45) is 5.10 Å². The van der Waals surface area contributed by atoms with Gasteiger partial charge in [-0.3, -0.25) is 4.79 Å². The fourth-order valence-corrected chi connectivity index (χ4v) is 4.60. The van der Waals surface area contributed by atoms with Gasteiger partial charge < -0.3 is 4.74 Å². The van der Waals surface area contributed by atoms with E-state index in [0.29, 0.717) is 12.4 Å². The van der Waals surface area contributed by atoms with E-state index in [-0.39, 0.29) is 12.3 Å². The van der Waals surface area contributed by atoms with E-state index in [2.05, 4.69) is 26.5 Å². The zero-order valence-electron chi connectivity index (χ0n) is 18.9. The van der Waals surface area contributed by atoms with Gasteiger partial charge in [-0.2, -0.15) is 5.10 Å². The van der Waals surface area contributed by atoms with Crippen molar-refractivity contribution in [3.05, 3.63) is 124 Å². The van der Waals surface area contributed by atoms with E-state index in [1.165, 1.54) is 0 Å². The van der Waals surface area contributed by atoms with Gasteiger partial charge in [-0.1, -0.05) is 101 Å². The van der Waals surface area contributed by atoms with Crippen molar-refractivity contribution in [3.63, 3.8) is 0 Å². The van der Waals surface area contributed by atoms with Crippen molar-refractivity contribution in [2.45, 2.75) is 13.0 Å². The topological polar surface area (TPSA) is 50.7 Å². The van der Waals surface area contributed by atoms with Crippen LogP contribution in [0.3, 0.4) is 0 Å². The SMILES string of the molecule is O=C(Cc1cccc2ccccc12)NN=Cc1c(OCc2cccc(Br)c2)ccc2ccccc12. The number of fused-ring (bicyclic) bond motifs is 2. The van der Waals surface area contributed by atoms with Crippen LogP contribution in [0.1, 0.15) is 16.7 Å². The largest absolute Gasteiger partial charge is 0.488 e. The zero-order valence-corrected chi connectivity index (χ0v) is 20.5. The molecule has 0 radical (unpaired) electrons. The van der Waals surface area contributed by atoms with Crippen LogP contribution in [0.5, 0.6) is 5.75 Å². The molecular weight excluding hydrogens is 500 g/mol. The van der Waals surface area contributed by atoms with Crippen molar-refractivity contribution in [1.82, 2.24) is 5.43 Å². The highest BCUT2D eigenvalue weighted by Gasteiger charge is 2.09. The van der Waals surface area contributed by atoms with Crippen LogP contribution in [-0.4, -0.2) is 12.1 Å². The quantitative estimate of drug-likeness (QED) is 0.184. The molecule has 0 heterocycles. The van der Waals surface area contributed by atoms with Gasteiger partial charge in [0.2, 0.25) is 5.91 Å². The van der Waals surface area contributed by atoms with Gasteiger partial charge in [-0.15, -0.1) is 0 Å². The lowest BCUT2D eigenvalue weighted by Gasteiger charge is -2.12. The van der Waals surface area contributed by atoms with Gasteiger partial charge in [-0.05, 0) is 50.9 Å². The summed E-state index contributed by atoms with van der Waals surface area (Å²) in [5.74, 6) is 0.533. The van der Waals surface area contributed by atoms with Crippen LogP contribution < -0.4 is 10.2 Å². The van der Waals surface area contributed by atoms with Gasteiger partial charge in [-0.25, -0.2) is 5.43 Å². The predicted molar refractivity (Wildman–Crippen MR) is 146 cm³/mol. The minimum atomic E-state index is -0.172. The fraction of sp³-hybridized carbons (Fsp3) is 0.0667. The Morgan fingerprint density at radius 2 is 1.54 bits per heavy atom. The van der Waals surface area contributed by atoms with Gasteiger partial charge in [0, 0.05) is 10.0 Å². The molecule has 35 heavy (non-hydrogen) atoms. The third-order valence-corrected chi connectivity index (χ3v) is 6.32. The van der Waals surface area contributed by atoms with Crippen molar-refractivity contribution >= 4 is 49.6 Å². The van der Waals surface area contributed by atoms with Crippen molar-refractivity contribution in [2.75, 3.05) is 0 Å². The first-order valence-corrected chi connectivity index (χ1v) is 12.1. The highest BCUT2D eigenvalue weighted by atomic mass is 79.9. The van der Waals surface area contributed by atoms with E-state index in [0.717, 1.165) is 42.7 Å². The first kappa shape index (κ1) is 22.8. The molecule has 0 aliphatic carbocycles. The number of halogens is 1. The number of hydrogen-bond acceptors (Lipinski definition) is 3. The zero-order chi connectivity index (χ0) is 24.0. The third kappa shape index (κ3) is 5.42. The molecule has 172 valence electrons. The van der Waals surface area contributed by atoms with Crippen LogP contribution in [0, 0.1) is 0 Å². The second kappa shape index (κ2) is 10.5. The number of ether oxygens (including phenoxy) is 1. The Bertz CT molecular complexity index is 1540. The first-order chi connectivity index (χ1) is 17.2. The second-order valence-corrected chi connectivity index (χ2v) is 9.14. The third-order valence-electron chi connectivity index (χ3n) is 5.83. The molecule has 0 aliphatic heterocycles. The number of carbonyl (C=O) groups is 1. The molecular formula is C30H23BrN2O2. The van der Waals surface area contributed by atoms with Gasteiger partial charge in [0.15, 0.2) is 0 Å². The number of amides is 1. The molecule has 0 aliphatic rings. The molecule has 0 spiro atoms. The molecule has 1 amide bonds. The molecule has 5 heteroatoms. The van der Waals surface area contributed by atoms with Crippen LogP contribution in [0.25, 0.3) is 21.5 Å². The molecule has 0 unspecified atom stereocenters. The lowest BCUT2D eigenvalue weighted by Crippen LogP contribution is -2.20. The number of nitrogens with zero attached hydrogens (tertiary/aromatic N) is 1. The predicted octanol–water partition coefficient (Wildman–Crippen LogP) is 7.03. The summed E-state index contributed by atoms with van der Waals surface area (Å²) in [5, 5.41) is 8.56. The van der Waals surface area contributed by atoms with Crippen LogP contribution in [0.4, 0.5) is 0 Å². The number of nitrogens with one attached hydrogen (secondary N) is 1. The Kier molecular flexibility index (Phi) is 6.87. The lowest BCUT2D eigenvalue weighted by atomic mass is 10.0. The van der Waals surface area contributed by atoms with Gasteiger partial charge in [0.25, 0.3) is 0 Å². The molecule has 0 aromatic heterocycles. The van der Waals surface area contributed by atoms with E-state index in [1.807, 2.05) is 103 Å². The Balaban J connectivity index is 1.35. The Morgan fingerprint density at radius 1 is 0.829 bits per heavy atom. The molecule has 1 N–H and O–H groups in total. The normalized spacial score (nSPS) is 11.2. The summed E-state index contributed by atoms with van der Waals surface area (Å²) < 4.78 is 7.17. The minimum absolute atomic E-state index is 0.172. The molecule has 5 aromatic carbocycles. The number of benzene rings is 5. The van der Waals surface area contributed by atoms with Crippen LogP contribution in [0.2, 0.25) is 0 Å². The van der Waals surface area contributed by atoms with Crippen LogP contribution in [-0.2, 0) is 17.8 Å². The maximum atomic E-state index is 12.7. The number of carbonyl (C=O) groups excluding carboxylic acids is 1. The van der Waals surface area contributed by atoms with Crippen molar-refractivity contribution in [3.8, 4) is 5.75 Å². The van der Waals surface area contributed by atoms with E-state index < -0.39 is 0 Å². The Labute approximate surface area is 212 Å². The molecule has 4 nitrogen and oxygen atoms in total. The molecule has 0 atom stereocenters. The Morgan fingerprint density at radius 3 is 2.37 bits per heavy atom. The van der Waals surface area contributed by atoms with Gasteiger partial charge in [0.1, 0.15) is 12.4 Å². The molecule has 0 saturated carbocycles. The maximum Gasteiger partial charge on any atom is 0.244 e. The highest BCUT2D eigenvalue weighted by Crippen LogP contribution is 2.28. The molecule has 0 bridgehead atoms. The van der Waals surface area contributed by atoms with Crippen LogP contribution in [0.15, 0.2) is 113 Å². The molecule has 5 aromatic rings. The summed E-state index contributed by atoms with van der Waals surface area (Å²) in [6, 6.07) is 34.1. The van der Waals surface area contributed by atoms with E-state index in [4.69, 9.17) is 4.74 Å². The maximum absolute atomic E-state index is 12.7. The van der Waals surface area contributed by atoms with Gasteiger partial charge in [0.05, 0.1) is 12.6 Å². The van der Waals surface area contributed by atoms with Crippen molar-refractivity contribution in [1.29, 1.82) is 0 Å². The summed E-state index contributed by atoms with van der Waals surface area (Å²) in [7, 11) is 0. The van der Waals surface area contributed by atoms with Gasteiger partial charge >= 0.3 is 0 Å². The molecule has 0 saturated heterocycles. The summed E-state index contributed by atoms with van der Waals surface area (Å²) in [6.07, 6.45) is 1.92. The van der Waals surface area contributed by atoms with Crippen molar-refractivity contribution < 1.29 is 9.53 Å². The number of hydrogen-bond donors (Lipinski definition) is 1. The number of hydrazone groups is 1. The van der Waals surface area contributed by atoms with E-state index >= 15 is 0 Å². The minimum Gasteiger partial charge on any atom is -0.488 e. The molecule has 0 fully saturated rings. The number of rotatable bonds is 7. The van der Waals surface area contributed by atoms with E-state index in [9.17, 15) is 4.79 Å². The first-order valence-electron chi connectivity index (χ1n) is 11.3. The van der Waals surface area contributed by atoms with Crippen LogP contribution >= 0.6 is 15.9 Å². The standard InChI is InChI=1S/C30H23BrN2O2/c31-25-12-5-7-21(17-25)20-35-29-16-15-23-9-2-4-14-27(23)28(29)19-32-33-30(34)18-24-11-6-10-22-8-1-3-13-26(22)24/h1-17,19H,18,20H2,(H,33,34). The average molecular weight is 523 g/mol. The Hall–Kier alpha value is -3.96. The smallest absolute Gasteiger partial charge is 0.244 e. The summed E-state index contributed by atoms with van der Waals surface area (Å²) in [5.41, 5.74) is 5.53. The highest BCUT2D eigenvalue weighted by molar-refractivity contribution is 9.10.